The van der Waals surface area contributed by atoms with Crippen LogP contribution in [0.15, 0.2) is 24.5 Å². The number of likely N-dealkylation sites (N-methyl/N-ethyl adjacent to an activating group) is 1. The Bertz CT molecular complexity index is 465. The molecule has 0 fully saturated rings. The van der Waals surface area contributed by atoms with Gasteiger partial charge < -0.3 is 4.90 Å². The topological polar surface area (TPSA) is 53.5 Å². The molecule has 19 heavy (non-hydrogen) atoms. The summed E-state index contributed by atoms with van der Waals surface area (Å²) in [4.78, 5) is 5.95. The Labute approximate surface area is 120 Å². The highest BCUT2D eigenvalue weighted by Crippen LogP contribution is 2.09. The lowest BCUT2D eigenvalue weighted by atomic mass is 10.3. The monoisotopic (exact) mass is 305 g/mol. The third-order valence-corrected chi connectivity index (χ3v) is 4.84. The number of sulfonamides is 1. The molecule has 0 N–H and O–H groups in total. The van der Waals surface area contributed by atoms with Gasteiger partial charge in [0, 0.05) is 37.9 Å². The van der Waals surface area contributed by atoms with Crippen LogP contribution in [0.5, 0.6) is 0 Å². The van der Waals surface area contributed by atoms with Crippen LogP contribution < -0.4 is 0 Å². The third kappa shape index (κ3) is 5.86. The molecule has 1 aromatic rings. The SMILES string of the molecule is CN(C)CCN(Cc1cccnc1)S(=O)(=O)CCCl. The number of aromatic nitrogens is 1. The highest BCUT2D eigenvalue weighted by molar-refractivity contribution is 7.89. The number of rotatable bonds is 8. The van der Waals surface area contributed by atoms with Gasteiger partial charge in [-0.2, -0.15) is 4.31 Å². The fourth-order valence-corrected chi connectivity index (χ4v) is 3.29. The quantitative estimate of drug-likeness (QED) is 0.673. The minimum atomic E-state index is -3.32. The van der Waals surface area contributed by atoms with E-state index >= 15 is 0 Å². The summed E-state index contributed by atoms with van der Waals surface area (Å²) in [6.45, 7) is 1.45. The highest BCUT2D eigenvalue weighted by atomic mass is 35.5. The van der Waals surface area contributed by atoms with Gasteiger partial charge in [-0.3, -0.25) is 4.98 Å². The summed E-state index contributed by atoms with van der Waals surface area (Å²) in [5.41, 5.74) is 0.874. The molecule has 1 heterocycles. The van der Waals surface area contributed by atoms with Gasteiger partial charge in [0.25, 0.3) is 0 Å². The van der Waals surface area contributed by atoms with Crippen LogP contribution in [0.3, 0.4) is 0 Å². The van der Waals surface area contributed by atoms with Crippen molar-refractivity contribution >= 4 is 21.6 Å². The summed E-state index contributed by atoms with van der Waals surface area (Å²) >= 11 is 5.57. The van der Waals surface area contributed by atoms with Crippen molar-refractivity contribution in [2.24, 2.45) is 0 Å². The molecule has 0 aromatic carbocycles. The zero-order chi connectivity index (χ0) is 14.3. The average Bonchev–Trinajstić information content (AvgIpc) is 2.35. The fraction of sp³-hybridized carbons (Fsp3) is 0.583. The van der Waals surface area contributed by atoms with E-state index in [0.29, 0.717) is 19.6 Å². The van der Waals surface area contributed by atoms with Gasteiger partial charge in [0.05, 0.1) is 5.75 Å². The second-order valence-electron chi connectivity index (χ2n) is 4.50. The molecule has 0 atom stereocenters. The molecule has 7 heteroatoms. The summed E-state index contributed by atoms with van der Waals surface area (Å²) in [5, 5.41) is 0. The van der Waals surface area contributed by atoms with Crippen LogP contribution in [-0.2, 0) is 16.6 Å². The van der Waals surface area contributed by atoms with Crippen LogP contribution in [0.2, 0.25) is 0 Å². The molecule has 0 saturated carbocycles. The van der Waals surface area contributed by atoms with E-state index in [1.54, 1.807) is 18.5 Å². The van der Waals surface area contributed by atoms with Gasteiger partial charge >= 0.3 is 0 Å². The second-order valence-corrected chi connectivity index (χ2v) is 6.97. The largest absolute Gasteiger partial charge is 0.308 e. The Kier molecular flexibility index (Phi) is 6.71. The maximum Gasteiger partial charge on any atom is 0.215 e. The normalized spacial score (nSPS) is 12.3. The van der Waals surface area contributed by atoms with Gasteiger partial charge in [0.2, 0.25) is 10.0 Å². The molecule has 0 spiro atoms. The molecule has 0 radical (unpaired) electrons. The van der Waals surface area contributed by atoms with Crippen LogP contribution >= 0.6 is 11.6 Å². The Balaban J connectivity index is 2.80. The fourth-order valence-electron chi connectivity index (χ4n) is 1.55. The van der Waals surface area contributed by atoms with E-state index in [-0.39, 0.29) is 11.6 Å². The van der Waals surface area contributed by atoms with Crippen molar-refractivity contribution in [3.63, 3.8) is 0 Å². The smallest absolute Gasteiger partial charge is 0.215 e. The van der Waals surface area contributed by atoms with Gasteiger partial charge in [-0.15, -0.1) is 11.6 Å². The van der Waals surface area contributed by atoms with E-state index in [1.807, 2.05) is 25.1 Å². The molecule has 0 saturated heterocycles. The van der Waals surface area contributed by atoms with Gasteiger partial charge in [0.15, 0.2) is 0 Å². The summed E-state index contributed by atoms with van der Waals surface area (Å²) in [6.07, 6.45) is 3.35. The van der Waals surface area contributed by atoms with Crippen molar-refractivity contribution in [3.8, 4) is 0 Å². The molecule has 1 rings (SSSR count). The lowest BCUT2D eigenvalue weighted by molar-refractivity contribution is 0.329. The van der Waals surface area contributed by atoms with E-state index in [1.165, 1.54) is 4.31 Å². The number of hydrogen-bond donors (Lipinski definition) is 0. The van der Waals surface area contributed by atoms with Crippen LogP contribution in [-0.4, -0.2) is 61.4 Å². The summed E-state index contributed by atoms with van der Waals surface area (Å²) < 4.78 is 25.8. The second kappa shape index (κ2) is 7.79. The molecule has 108 valence electrons. The van der Waals surface area contributed by atoms with E-state index in [0.717, 1.165) is 5.56 Å². The predicted octanol–water partition coefficient (Wildman–Crippen LogP) is 1.01. The van der Waals surface area contributed by atoms with Gasteiger partial charge in [0.1, 0.15) is 0 Å². The van der Waals surface area contributed by atoms with Crippen molar-refractivity contribution in [3.05, 3.63) is 30.1 Å². The van der Waals surface area contributed by atoms with Crippen LogP contribution in [0, 0.1) is 0 Å². The molecule has 0 bridgehead atoms. The minimum Gasteiger partial charge on any atom is -0.308 e. The van der Waals surface area contributed by atoms with Crippen molar-refractivity contribution < 1.29 is 8.42 Å². The lowest BCUT2D eigenvalue weighted by Crippen LogP contribution is -2.38. The molecule has 0 aliphatic carbocycles. The van der Waals surface area contributed by atoms with Crippen molar-refractivity contribution in [2.45, 2.75) is 6.54 Å². The lowest BCUT2D eigenvalue weighted by Gasteiger charge is -2.23. The highest BCUT2D eigenvalue weighted by Gasteiger charge is 2.21. The number of hydrogen-bond acceptors (Lipinski definition) is 4. The van der Waals surface area contributed by atoms with E-state index < -0.39 is 10.0 Å². The number of nitrogens with zero attached hydrogens (tertiary/aromatic N) is 3. The standard InChI is InChI=1S/C12H20ClN3O2S/c1-15(2)7-8-16(19(17,18)9-5-13)11-12-4-3-6-14-10-12/h3-4,6,10H,5,7-9,11H2,1-2H3. The van der Waals surface area contributed by atoms with E-state index in [4.69, 9.17) is 11.6 Å². The first-order chi connectivity index (χ1) is 8.95. The Morgan fingerprint density at radius 1 is 1.32 bits per heavy atom. The molecule has 1 aromatic heterocycles. The first kappa shape index (κ1) is 16.4. The van der Waals surface area contributed by atoms with Gasteiger partial charge in [-0.1, -0.05) is 6.07 Å². The van der Waals surface area contributed by atoms with E-state index in [2.05, 4.69) is 4.98 Å². The van der Waals surface area contributed by atoms with Crippen LogP contribution in [0.1, 0.15) is 5.56 Å². The zero-order valence-corrected chi connectivity index (χ0v) is 12.9. The zero-order valence-electron chi connectivity index (χ0n) is 11.3. The third-order valence-electron chi connectivity index (χ3n) is 2.61. The summed E-state index contributed by atoms with van der Waals surface area (Å²) in [6, 6.07) is 3.67. The summed E-state index contributed by atoms with van der Waals surface area (Å²) in [7, 11) is 0.507. The number of alkyl halides is 1. The molecule has 0 unspecified atom stereocenters. The predicted molar refractivity (Wildman–Crippen MR) is 77.7 cm³/mol. The van der Waals surface area contributed by atoms with Gasteiger partial charge in [-0.25, -0.2) is 8.42 Å². The van der Waals surface area contributed by atoms with Crippen molar-refractivity contribution in [1.29, 1.82) is 0 Å². The first-order valence-corrected chi connectivity index (χ1v) is 8.17. The molecular weight excluding hydrogens is 286 g/mol. The molecule has 0 aliphatic heterocycles. The van der Waals surface area contributed by atoms with Crippen LogP contribution in [0.25, 0.3) is 0 Å². The number of pyridine rings is 1. The number of halogens is 1. The maximum absolute atomic E-state index is 12.2. The maximum atomic E-state index is 12.2. The van der Waals surface area contributed by atoms with Crippen molar-refractivity contribution in [1.82, 2.24) is 14.2 Å². The average molecular weight is 306 g/mol. The van der Waals surface area contributed by atoms with Crippen molar-refractivity contribution in [2.75, 3.05) is 38.8 Å². The Morgan fingerprint density at radius 2 is 2.05 bits per heavy atom. The van der Waals surface area contributed by atoms with Gasteiger partial charge in [-0.05, 0) is 25.7 Å². The molecule has 5 nitrogen and oxygen atoms in total. The minimum absolute atomic E-state index is 0.0394. The molecule has 0 aliphatic rings. The van der Waals surface area contributed by atoms with E-state index in [9.17, 15) is 8.42 Å². The van der Waals surface area contributed by atoms with Crippen LogP contribution in [0.4, 0.5) is 0 Å². The first-order valence-electron chi connectivity index (χ1n) is 6.03. The summed E-state index contributed by atoms with van der Waals surface area (Å²) in [5.74, 6) is 0.0656. The Morgan fingerprint density at radius 3 is 2.58 bits per heavy atom. The molecular formula is C12H20ClN3O2S. The molecule has 0 amide bonds. The Hall–Kier alpha value is -0.690.